The molecule has 0 aromatic heterocycles. The number of rotatable bonds is 2. The molecule has 0 aliphatic rings. The van der Waals surface area contributed by atoms with Crippen molar-refractivity contribution in [2.75, 3.05) is 6.26 Å². The largest absolute Gasteiger partial charge is 0.504 e. The van der Waals surface area contributed by atoms with Crippen molar-refractivity contribution in [1.82, 2.24) is 0 Å². The molecule has 0 atom stereocenters. The van der Waals surface area contributed by atoms with Crippen molar-refractivity contribution in [2.24, 2.45) is 0 Å². The van der Waals surface area contributed by atoms with Crippen LogP contribution in [0, 0.1) is 11.6 Å². The van der Waals surface area contributed by atoms with Crippen LogP contribution < -0.4 is 0 Å². The van der Waals surface area contributed by atoms with Crippen molar-refractivity contribution in [3.05, 3.63) is 23.3 Å². The fourth-order valence-corrected chi connectivity index (χ4v) is 2.03. The summed E-state index contributed by atoms with van der Waals surface area (Å²) in [6.07, 6.45) is 0.599. The van der Waals surface area contributed by atoms with E-state index in [0.29, 0.717) is 12.3 Å². The number of benzene rings is 1. The van der Waals surface area contributed by atoms with Crippen LogP contribution in [-0.2, 0) is 9.84 Å². The topological polar surface area (TPSA) is 71.4 Å². The van der Waals surface area contributed by atoms with Gasteiger partial charge in [0.15, 0.2) is 27.2 Å². The first kappa shape index (κ1) is 12.6. The highest BCUT2D eigenvalue weighted by Crippen LogP contribution is 2.30. The normalized spacial score (nSPS) is 11.5. The third-order valence-corrected chi connectivity index (χ3v) is 3.02. The Bertz CT molecular complexity index is 563. The van der Waals surface area contributed by atoms with Gasteiger partial charge in [-0.3, -0.25) is 4.79 Å². The summed E-state index contributed by atoms with van der Waals surface area (Å²) in [5, 5.41) is 9.21. The molecule has 0 aliphatic carbocycles. The summed E-state index contributed by atoms with van der Waals surface area (Å²) in [7, 11) is -4.15. The molecule has 1 rings (SSSR count). The Morgan fingerprint density at radius 1 is 1.38 bits per heavy atom. The Balaban J connectivity index is 3.73. The molecule has 0 radical (unpaired) electrons. The minimum atomic E-state index is -4.15. The lowest BCUT2D eigenvalue weighted by Crippen LogP contribution is -2.07. The van der Waals surface area contributed by atoms with Crippen molar-refractivity contribution >= 4 is 15.6 Å². The van der Waals surface area contributed by atoms with E-state index in [2.05, 4.69) is 0 Å². The van der Waals surface area contributed by atoms with Crippen molar-refractivity contribution in [3.8, 4) is 5.75 Å². The van der Waals surface area contributed by atoms with Crippen LogP contribution in [0.1, 0.15) is 17.3 Å². The predicted molar refractivity (Wildman–Crippen MR) is 51.1 cm³/mol. The first-order valence-electron chi connectivity index (χ1n) is 4.08. The van der Waals surface area contributed by atoms with E-state index in [1.165, 1.54) is 0 Å². The zero-order valence-corrected chi connectivity index (χ0v) is 9.23. The average molecular weight is 250 g/mol. The number of hydrogen-bond acceptors (Lipinski definition) is 4. The summed E-state index contributed by atoms with van der Waals surface area (Å²) in [6.45, 7) is 0.994. The fraction of sp³-hybridized carbons (Fsp3) is 0.222. The van der Waals surface area contributed by atoms with Crippen molar-refractivity contribution in [1.29, 1.82) is 0 Å². The molecular formula is C9H8F2O4S. The van der Waals surface area contributed by atoms with Gasteiger partial charge in [-0.25, -0.2) is 17.2 Å². The summed E-state index contributed by atoms with van der Waals surface area (Å²) in [5.74, 6) is -4.97. The van der Waals surface area contributed by atoms with E-state index in [1.807, 2.05) is 0 Å². The van der Waals surface area contributed by atoms with E-state index in [0.717, 1.165) is 6.92 Å². The molecule has 0 spiro atoms. The zero-order valence-electron chi connectivity index (χ0n) is 8.41. The number of phenols is 1. The van der Waals surface area contributed by atoms with Crippen LogP contribution in [0.2, 0.25) is 0 Å². The summed E-state index contributed by atoms with van der Waals surface area (Å²) < 4.78 is 48.7. The Kier molecular flexibility index (Phi) is 3.00. The molecule has 88 valence electrons. The lowest BCUT2D eigenvalue weighted by Gasteiger charge is -2.07. The van der Waals surface area contributed by atoms with E-state index >= 15 is 0 Å². The molecule has 1 aromatic carbocycles. The maximum absolute atomic E-state index is 13.4. The second-order valence-electron chi connectivity index (χ2n) is 3.23. The van der Waals surface area contributed by atoms with Crippen LogP contribution in [0.15, 0.2) is 11.0 Å². The number of hydrogen-bond donors (Lipinski definition) is 1. The van der Waals surface area contributed by atoms with Crippen LogP contribution >= 0.6 is 0 Å². The highest BCUT2D eigenvalue weighted by Gasteiger charge is 2.26. The molecule has 0 heterocycles. The Hall–Kier alpha value is -1.50. The molecule has 0 bridgehead atoms. The SMILES string of the molecule is CC(=O)c1cc(F)c(S(C)(=O)=O)c(F)c1O. The zero-order chi connectivity index (χ0) is 12.7. The highest BCUT2D eigenvalue weighted by molar-refractivity contribution is 7.90. The van der Waals surface area contributed by atoms with Crippen molar-refractivity contribution < 1.29 is 27.1 Å². The molecule has 16 heavy (non-hydrogen) atoms. The molecule has 0 unspecified atom stereocenters. The quantitative estimate of drug-likeness (QED) is 0.802. The molecule has 1 N–H and O–H groups in total. The van der Waals surface area contributed by atoms with Crippen LogP contribution in [0.4, 0.5) is 8.78 Å². The smallest absolute Gasteiger partial charge is 0.187 e. The molecule has 0 fully saturated rings. The number of carbonyl (C=O) groups excluding carboxylic acids is 1. The molecule has 4 nitrogen and oxygen atoms in total. The Morgan fingerprint density at radius 2 is 1.88 bits per heavy atom. The maximum Gasteiger partial charge on any atom is 0.187 e. The number of phenolic OH excluding ortho intramolecular Hbond substituents is 1. The van der Waals surface area contributed by atoms with Gasteiger partial charge in [0.25, 0.3) is 0 Å². The van der Waals surface area contributed by atoms with Gasteiger partial charge in [-0.05, 0) is 13.0 Å². The van der Waals surface area contributed by atoms with Gasteiger partial charge in [0.1, 0.15) is 10.7 Å². The number of Topliss-reactive ketones (excluding diaryl/α,β-unsaturated/α-hetero) is 1. The molecule has 1 aromatic rings. The van der Waals surface area contributed by atoms with Crippen LogP contribution in [0.3, 0.4) is 0 Å². The summed E-state index contributed by atoms with van der Waals surface area (Å²) >= 11 is 0. The minimum absolute atomic E-state index is 0.497. The van der Waals surface area contributed by atoms with Crippen LogP contribution in [0.25, 0.3) is 0 Å². The minimum Gasteiger partial charge on any atom is -0.504 e. The Labute approximate surface area is 90.4 Å². The first-order valence-corrected chi connectivity index (χ1v) is 5.97. The number of halogens is 2. The summed E-state index contributed by atoms with van der Waals surface area (Å²) in [6, 6.07) is 0.497. The lowest BCUT2D eigenvalue weighted by atomic mass is 10.1. The number of aromatic hydroxyl groups is 1. The van der Waals surface area contributed by atoms with Crippen LogP contribution in [0.5, 0.6) is 5.75 Å². The molecule has 0 saturated heterocycles. The van der Waals surface area contributed by atoms with Crippen molar-refractivity contribution in [3.63, 3.8) is 0 Å². The maximum atomic E-state index is 13.4. The molecule has 0 aliphatic heterocycles. The second kappa shape index (κ2) is 3.82. The first-order chi connectivity index (χ1) is 7.16. The number of ketones is 1. The van der Waals surface area contributed by atoms with Gasteiger partial charge < -0.3 is 5.11 Å². The summed E-state index contributed by atoms with van der Waals surface area (Å²) in [4.78, 5) is 9.65. The van der Waals surface area contributed by atoms with E-state index in [-0.39, 0.29) is 0 Å². The third kappa shape index (κ3) is 2.04. The van der Waals surface area contributed by atoms with Gasteiger partial charge in [-0.15, -0.1) is 0 Å². The molecule has 7 heteroatoms. The molecule has 0 amide bonds. The van der Waals surface area contributed by atoms with Gasteiger partial charge in [0.2, 0.25) is 0 Å². The number of sulfone groups is 1. The van der Waals surface area contributed by atoms with Gasteiger partial charge in [0, 0.05) is 6.26 Å². The van der Waals surface area contributed by atoms with E-state index in [9.17, 15) is 27.1 Å². The van der Waals surface area contributed by atoms with E-state index in [1.54, 1.807) is 0 Å². The summed E-state index contributed by atoms with van der Waals surface area (Å²) in [5.41, 5.74) is -0.595. The van der Waals surface area contributed by atoms with E-state index < -0.39 is 43.5 Å². The standard InChI is InChI=1S/C9H8F2O4S/c1-4(12)5-3-6(10)9(16(2,14)15)7(11)8(5)13/h3,13H,1-2H3. The lowest BCUT2D eigenvalue weighted by molar-refractivity contribution is 0.101. The molecular weight excluding hydrogens is 242 g/mol. The van der Waals surface area contributed by atoms with Crippen molar-refractivity contribution in [2.45, 2.75) is 11.8 Å². The fourth-order valence-electron chi connectivity index (χ4n) is 1.20. The van der Waals surface area contributed by atoms with Gasteiger partial charge in [0.05, 0.1) is 5.56 Å². The third-order valence-electron chi connectivity index (χ3n) is 1.90. The highest BCUT2D eigenvalue weighted by atomic mass is 32.2. The van der Waals surface area contributed by atoms with Gasteiger partial charge in [-0.2, -0.15) is 0 Å². The van der Waals surface area contributed by atoms with Gasteiger partial charge in [-0.1, -0.05) is 0 Å². The number of carbonyl (C=O) groups is 1. The predicted octanol–water partition coefficient (Wildman–Crippen LogP) is 1.28. The van der Waals surface area contributed by atoms with Gasteiger partial charge >= 0.3 is 0 Å². The van der Waals surface area contributed by atoms with Crippen LogP contribution in [-0.4, -0.2) is 25.6 Å². The second-order valence-corrected chi connectivity index (χ2v) is 5.18. The van der Waals surface area contributed by atoms with E-state index in [4.69, 9.17) is 0 Å². The molecule has 0 saturated carbocycles. The Morgan fingerprint density at radius 3 is 2.25 bits per heavy atom. The monoisotopic (exact) mass is 250 g/mol. The average Bonchev–Trinajstić information content (AvgIpc) is 2.08.